The second-order valence-corrected chi connectivity index (χ2v) is 4.79. The van der Waals surface area contributed by atoms with Crippen LogP contribution in [0.3, 0.4) is 0 Å². The molecule has 2 rings (SSSR count). The van der Waals surface area contributed by atoms with Gasteiger partial charge in [0.05, 0.1) is 25.2 Å². The number of carbonyl (C=O) groups is 1. The number of morpholine rings is 1. The first-order valence-corrected chi connectivity index (χ1v) is 6.56. The SMILES string of the molecule is CC(NC(=O)CC1CNCCO1)c1cccc(O)c1. The minimum atomic E-state index is -0.129. The van der Waals surface area contributed by atoms with Gasteiger partial charge in [0.1, 0.15) is 5.75 Å². The molecule has 104 valence electrons. The van der Waals surface area contributed by atoms with Gasteiger partial charge in [-0.3, -0.25) is 4.79 Å². The van der Waals surface area contributed by atoms with Gasteiger partial charge in [0.15, 0.2) is 0 Å². The predicted octanol–water partition coefficient (Wildman–Crippen LogP) is 0.948. The highest BCUT2D eigenvalue weighted by Gasteiger charge is 2.18. The summed E-state index contributed by atoms with van der Waals surface area (Å²) in [6.45, 7) is 4.11. The van der Waals surface area contributed by atoms with Crippen LogP contribution in [0.15, 0.2) is 24.3 Å². The summed E-state index contributed by atoms with van der Waals surface area (Å²) in [7, 11) is 0. The van der Waals surface area contributed by atoms with Gasteiger partial charge in [-0.1, -0.05) is 12.1 Å². The van der Waals surface area contributed by atoms with Gasteiger partial charge in [0.25, 0.3) is 0 Å². The summed E-state index contributed by atoms with van der Waals surface area (Å²) >= 11 is 0. The Bertz CT molecular complexity index is 430. The fourth-order valence-corrected chi connectivity index (χ4v) is 2.14. The largest absolute Gasteiger partial charge is 0.508 e. The van der Waals surface area contributed by atoms with E-state index < -0.39 is 0 Å². The van der Waals surface area contributed by atoms with Gasteiger partial charge in [-0.05, 0) is 24.6 Å². The molecule has 1 saturated heterocycles. The van der Waals surface area contributed by atoms with Crippen molar-refractivity contribution < 1.29 is 14.6 Å². The predicted molar refractivity (Wildman–Crippen MR) is 71.9 cm³/mol. The second kappa shape index (κ2) is 6.54. The summed E-state index contributed by atoms with van der Waals surface area (Å²) in [6, 6.07) is 6.78. The van der Waals surface area contributed by atoms with Crippen LogP contribution in [0, 0.1) is 0 Å². The molecule has 1 aromatic rings. The second-order valence-electron chi connectivity index (χ2n) is 4.79. The van der Waals surface area contributed by atoms with Crippen LogP contribution in [0.5, 0.6) is 5.75 Å². The highest BCUT2D eigenvalue weighted by Crippen LogP contribution is 2.18. The van der Waals surface area contributed by atoms with Crippen molar-refractivity contribution in [3.8, 4) is 5.75 Å². The number of phenols is 1. The van der Waals surface area contributed by atoms with Crippen molar-refractivity contribution in [3.63, 3.8) is 0 Å². The maximum atomic E-state index is 11.9. The molecule has 1 aromatic carbocycles. The molecule has 5 heteroatoms. The number of ether oxygens (including phenoxy) is 1. The Morgan fingerprint density at radius 1 is 1.63 bits per heavy atom. The van der Waals surface area contributed by atoms with Crippen LogP contribution in [-0.4, -0.2) is 36.8 Å². The molecule has 5 nitrogen and oxygen atoms in total. The third-order valence-corrected chi connectivity index (χ3v) is 3.17. The number of hydrogen-bond donors (Lipinski definition) is 3. The molecule has 0 bridgehead atoms. The fraction of sp³-hybridized carbons (Fsp3) is 0.500. The normalized spacial score (nSPS) is 20.8. The van der Waals surface area contributed by atoms with Crippen LogP contribution in [-0.2, 0) is 9.53 Å². The molecule has 1 fully saturated rings. The molecule has 0 saturated carbocycles. The first-order valence-electron chi connectivity index (χ1n) is 6.56. The van der Waals surface area contributed by atoms with E-state index in [9.17, 15) is 9.90 Å². The van der Waals surface area contributed by atoms with Crippen LogP contribution in [0.4, 0.5) is 0 Å². The average Bonchev–Trinajstić information content (AvgIpc) is 2.39. The molecule has 0 aromatic heterocycles. The quantitative estimate of drug-likeness (QED) is 0.757. The zero-order chi connectivity index (χ0) is 13.7. The van der Waals surface area contributed by atoms with Gasteiger partial charge in [0.2, 0.25) is 5.91 Å². The third kappa shape index (κ3) is 4.22. The minimum absolute atomic E-state index is 0.0375. The maximum Gasteiger partial charge on any atom is 0.223 e. The molecule has 1 amide bonds. The molecule has 2 unspecified atom stereocenters. The van der Waals surface area contributed by atoms with E-state index in [0.717, 1.165) is 12.1 Å². The van der Waals surface area contributed by atoms with Crippen molar-refractivity contribution in [1.82, 2.24) is 10.6 Å². The van der Waals surface area contributed by atoms with Crippen LogP contribution in [0.25, 0.3) is 0 Å². The first kappa shape index (κ1) is 13.8. The lowest BCUT2D eigenvalue weighted by Crippen LogP contribution is -2.41. The molecule has 0 radical (unpaired) electrons. The van der Waals surface area contributed by atoms with E-state index >= 15 is 0 Å². The summed E-state index contributed by atoms with van der Waals surface area (Å²) in [5.41, 5.74) is 0.885. The average molecular weight is 264 g/mol. The van der Waals surface area contributed by atoms with E-state index in [2.05, 4.69) is 10.6 Å². The van der Waals surface area contributed by atoms with Crippen LogP contribution in [0.1, 0.15) is 24.9 Å². The lowest BCUT2D eigenvalue weighted by molar-refractivity contribution is -0.125. The number of rotatable bonds is 4. The van der Waals surface area contributed by atoms with Crippen LogP contribution in [0.2, 0.25) is 0 Å². The van der Waals surface area contributed by atoms with Gasteiger partial charge >= 0.3 is 0 Å². The summed E-state index contributed by atoms with van der Waals surface area (Å²) in [5, 5.41) is 15.5. The minimum Gasteiger partial charge on any atom is -0.508 e. The molecule has 19 heavy (non-hydrogen) atoms. The molecule has 1 aliphatic rings. The molecular weight excluding hydrogens is 244 g/mol. The number of phenolic OH excluding ortho intramolecular Hbond substituents is 1. The Hall–Kier alpha value is -1.59. The van der Waals surface area contributed by atoms with Gasteiger partial charge in [-0.2, -0.15) is 0 Å². The maximum absolute atomic E-state index is 11.9. The van der Waals surface area contributed by atoms with E-state index in [1.807, 2.05) is 13.0 Å². The number of hydrogen-bond acceptors (Lipinski definition) is 4. The molecule has 1 aliphatic heterocycles. The number of benzene rings is 1. The van der Waals surface area contributed by atoms with Crippen LogP contribution < -0.4 is 10.6 Å². The zero-order valence-electron chi connectivity index (χ0n) is 11.1. The summed E-state index contributed by atoms with van der Waals surface area (Å²) < 4.78 is 5.49. The van der Waals surface area contributed by atoms with Crippen molar-refractivity contribution in [2.24, 2.45) is 0 Å². The Labute approximate surface area is 113 Å². The smallest absolute Gasteiger partial charge is 0.223 e. The zero-order valence-corrected chi connectivity index (χ0v) is 11.1. The van der Waals surface area contributed by atoms with E-state index in [1.54, 1.807) is 18.2 Å². The third-order valence-electron chi connectivity index (χ3n) is 3.17. The fourth-order valence-electron chi connectivity index (χ4n) is 2.14. The number of nitrogens with one attached hydrogen (secondary N) is 2. The van der Waals surface area contributed by atoms with Gasteiger partial charge < -0.3 is 20.5 Å². The summed E-state index contributed by atoms with van der Waals surface area (Å²) in [5.74, 6) is 0.169. The van der Waals surface area contributed by atoms with Crippen molar-refractivity contribution in [2.45, 2.75) is 25.5 Å². The monoisotopic (exact) mass is 264 g/mol. The van der Waals surface area contributed by atoms with Crippen LogP contribution >= 0.6 is 0 Å². The topological polar surface area (TPSA) is 70.6 Å². The van der Waals surface area contributed by atoms with Crippen molar-refractivity contribution >= 4 is 5.91 Å². The molecule has 3 N–H and O–H groups in total. The number of amides is 1. The van der Waals surface area contributed by atoms with Crippen molar-refractivity contribution in [3.05, 3.63) is 29.8 Å². The summed E-state index contributed by atoms with van der Waals surface area (Å²) in [4.78, 5) is 11.9. The van der Waals surface area contributed by atoms with E-state index in [-0.39, 0.29) is 23.8 Å². The number of aromatic hydroxyl groups is 1. The van der Waals surface area contributed by atoms with Gasteiger partial charge in [-0.15, -0.1) is 0 Å². The lowest BCUT2D eigenvalue weighted by Gasteiger charge is -2.24. The van der Waals surface area contributed by atoms with Gasteiger partial charge in [0, 0.05) is 13.1 Å². The molecule has 1 heterocycles. The Morgan fingerprint density at radius 2 is 2.47 bits per heavy atom. The van der Waals surface area contributed by atoms with Crippen molar-refractivity contribution in [2.75, 3.05) is 19.7 Å². The lowest BCUT2D eigenvalue weighted by atomic mass is 10.1. The Morgan fingerprint density at radius 3 is 3.16 bits per heavy atom. The highest BCUT2D eigenvalue weighted by atomic mass is 16.5. The number of carbonyl (C=O) groups excluding carboxylic acids is 1. The van der Waals surface area contributed by atoms with E-state index in [1.165, 1.54) is 0 Å². The molecular formula is C14H20N2O3. The molecule has 0 aliphatic carbocycles. The molecule has 0 spiro atoms. The van der Waals surface area contributed by atoms with E-state index in [0.29, 0.717) is 19.6 Å². The van der Waals surface area contributed by atoms with E-state index in [4.69, 9.17) is 4.74 Å². The summed E-state index contributed by atoms with van der Waals surface area (Å²) in [6.07, 6.45) is 0.306. The standard InChI is InChI=1S/C14H20N2O3/c1-10(11-3-2-4-12(17)7-11)16-14(18)8-13-9-15-5-6-19-13/h2-4,7,10,13,15,17H,5-6,8-9H2,1H3,(H,16,18). The van der Waals surface area contributed by atoms with Crippen molar-refractivity contribution in [1.29, 1.82) is 0 Å². The van der Waals surface area contributed by atoms with Gasteiger partial charge in [-0.25, -0.2) is 0 Å². The molecule has 2 atom stereocenters. The highest BCUT2D eigenvalue weighted by molar-refractivity contribution is 5.77. The Kier molecular flexibility index (Phi) is 4.76. The Balaban J connectivity index is 1.84. The first-order chi connectivity index (χ1) is 9.15.